The van der Waals surface area contributed by atoms with Gasteiger partial charge in [0, 0.05) is 32.6 Å². The standard InChI is InChI=1S/C15H18Cl2N2O3/c16-12-3-1-11(9-13(12)17)2-4-14(21)18-5-7-19(8-6-18)15(22)10-20/h1,3,9,20H,2,4-8,10H2. The highest BCUT2D eigenvalue weighted by Gasteiger charge is 2.23. The van der Waals surface area contributed by atoms with Gasteiger partial charge in [-0.1, -0.05) is 29.3 Å². The van der Waals surface area contributed by atoms with Gasteiger partial charge in [0.2, 0.25) is 11.8 Å². The first-order chi connectivity index (χ1) is 10.5. The van der Waals surface area contributed by atoms with Gasteiger partial charge in [-0.2, -0.15) is 0 Å². The van der Waals surface area contributed by atoms with E-state index in [1.54, 1.807) is 21.9 Å². The summed E-state index contributed by atoms with van der Waals surface area (Å²) in [6, 6.07) is 5.36. The Labute approximate surface area is 139 Å². The van der Waals surface area contributed by atoms with Gasteiger partial charge >= 0.3 is 0 Å². The van der Waals surface area contributed by atoms with E-state index in [1.807, 2.05) is 6.07 Å². The summed E-state index contributed by atoms with van der Waals surface area (Å²) < 4.78 is 0. The fourth-order valence-corrected chi connectivity index (χ4v) is 2.73. The first-order valence-corrected chi connectivity index (χ1v) is 7.87. The molecule has 0 aliphatic carbocycles. The Hall–Kier alpha value is -1.30. The zero-order valence-corrected chi connectivity index (χ0v) is 13.6. The maximum absolute atomic E-state index is 12.2. The molecule has 0 aromatic heterocycles. The number of hydrogen-bond acceptors (Lipinski definition) is 3. The number of piperazine rings is 1. The van der Waals surface area contributed by atoms with Crippen LogP contribution in [0.2, 0.25) is 10.0 Å². The molecule has 120 valence electrons. The molecule has 1 saturated heterocycles. The highest BCUT2D eigenvalue weighted by atomic mass is 35.5. The van der Waals surface area contributed by atoms with E-state index in [9.17, 15) is 9.59 Å². The number of halogens is 2. The van der Waals surface area contributed by atoms with Crippen LogP contribution in [0.5, 0.6) is 0 Å². The molecule has 1 heterocycles. The molecule has 22 heavy (non-hydrogen) atoms. The number of carbonyl (C=O) groups excluding carboxylic acids is 2. The van der Waals surface area contributed by atoms with Crippen molar-refractivity contribution in [3.8, 4) is 0 Å². The predicted octanol–water partition coefficient (Wildman–Crippen LogP) is 1.59. The van der Waals surface area contributed by atoms with Crippen molar-refractivity contribution in [2.24, 2.45) is 0 Å². The molecule has 0 bridgehead atoms. The van der Waals surface area contributed by atoms with Crippen molar-refractivity contribution in [1.29, 1.82) is 0 Å². The minimum Gasteiger partial charge on any atom is -0.387 e. The topological polar surface area (TPSA) is 60.9 Å². The van der Waals surface area contributed by atoms with Gasteiger partial charge < -0.3 is 14.9 Å². The molecule has 1 aromatic rings. The van der Waals surface area contributed by atoms with Crippen LogP contribution < -0.4 is 0 Å². The van der Waals surface area contributed by atoms with Crippen LogP contribution in [0.3, 0.4) is 0 Å². The first kappa shape index (κ1) is 17.1. The van der Waals surface area contributed by atoms with Crippen molar-refractivity contribution in [3.63, 3.8) is 0 Å². The zero-order chi connectivity index (χ0) is 16.1. The maximum Gasteiger partial charge on any atom is 0.248 e. The van der Waals surface area contributed by atoms with E-state index in [4.69, 9.17) is 28.3 Å². The van der Waals surface area contributed by atoms with Gasteiger partial charge in [0.25, 0.3) is 0 Å². The summed E-state index contributed by atoms with van der Waals surface area (Å²) in [4.78, 5) is 26.9. The van der Waals surface area contributed by atoms with Gasteiger partial charge in [0.1, 0.15) is 6.61 Å². The Morgan fingerprint density at radius 1 is 1.00 bits per heavy atom. The zero-order valence-electron chi connectivity index (χ0n) is 12.1. The Bertz CT molecular complexity index is 558. The number of amides is 2. The van der Waals surface area contributed by atoms with Crippen LogP contribution in [-0.4, -0.2) is 59.5 Å². The highest BCUT2D eigenvalue weighted by Crippen LogP contribution is 2.23. The third-order valence-corrected chi connectivity index (χ3v) is 4.47. The molecule has 2 rings (SSSR count). The Kier molecular flexibility index (Phi) is 6.06. The number of aliphatic hydroxyl groups excluding tert-OH is 1. The smallest absolute Gasteiger partial charge is 0.248 e. The van der Waals surface area contributed by atoms with E-state index in [-0.39, 0.29) is 11.8 Å². The molecule has 1 aliphatic heterocycles. The second-order valence-corrected chi connectivity index (χ2v) is 5.98. The van der Waals surface area contributed by atoms with Gasteiger partial charge in [-0.3, -0.25) is 9.59 Å². The lowest BCUT2D eigenvalue weighted by atomic mass is 10.1. The minimum atomic E-state index is -0.481. The van der Waals surface area contributed by atoms with Crippen LogP contribution in [0.1, 0.15) is 12.0 Å². The average molecular weight is 345 g/mol. The summed E-state index contributed by atoms with van der Waals surface area (Å²) in [5.41, 5.74) is 0.969. The van der Waals surface area contributed by atoms with Crippen LogP contribution in [0, 0.1) is 0 Å². The second-order valence-electron chi connectivity index (χ2n) is 5.17. The van der Waals surface area contributed by atoms with E-state index in [0.717, 1.165) is 5.56 Å². The molecule has 1 fully saturated rings. The maximum atomic E-state index is 12.2. The summed E-state index contributed by atoms with van der Waals surface area (Å²) in [7, 11) is 0. The van der Waals surface area contributed by atoms with Crippen LogP contribution in [-0.2, 0) is 16.0 Å². The number of benzene rings is 1. The summed E-state index contributed by atoms with van der Waals surface area (Å²) in [6.45, 7) is 1.47. The van der Waals surface area contributed by atoms with E-state index in [1.165, 1.54) is 0 Å². The number of aryl methyl sites for hydroxylation is 1. The number of rotatable bonds is 4. The lowest BCUT2D eigenvalue weighted by Gasteiger charge is -2.34. The van der Waals surface area contributed by atoms with Crippen molar-refractivity contribution in [2.75, 3.05) is 32.8 Å². The molecule has 2 amide bonds. The van der Waals surface area contributed by atoms with E-state index >= 15 is 0 Å². The Balaban J connectivity index is 1.81. The normalized spacial score (nSPS) is 15.0. The third kappa shape index (κ3) is 4.35. The van der Waals surface area contributed by atoms with Crippen molar-refractivity contribution in [3.05, 3.63) is 33.8 Å². The summed E-state index contributed by atoms with van der Waals surface area (Å²) in [5, 5.41) is 9.81. The van der Waals surface area contributed by atoms with E-state index in [2.05, 4.69) is 0 Å². The minimum absolute atomic E-state index is 0.0576. The van der Waals surface area contributed by atoms with Gasteiger partial charge in [0.05, 0.1) is 10.0 Å². The lowest BCUT2D eigenvalue weighted by Crippen LogP contribution is -2.51. The quantitative estimate of drug-likeness (QED) is 0.902. The van der Waals surface area contributed by atoms with Gasteiger partial charge in [-0.05, 0) is 24.1 Å². The monoisotopic (exact) mass is 344 g/mol. The van der Waals surface area contributed by atoms with Crippen molar-refractivity contribution < 1.29 is 14.7 Å². The predicted molar refractivity (Wildman–Crippen MR) is 85.0 cm³/mol. The van der Waals surface area contributed by atoms with Crippen molar-refractivity contribution in [2.45, 2.75) is 12.8 Å². The SMILES string of the molecule is O=C(CO)N1CCN(C(=O)CCc2ccc(Cl)c(Cl)c2)CC1. The average Bonchev–Trinajstić information content (AvgIpc) is 2.55. The summed E-state index contributed by atoms with van der Waals surface area (Å²) in [6.07, 6.45) is 0.997. The molecule has 0 radical (unpaired) electrons. The molecule has 1 aromatic carbocycles. The number of aliphatic hydroxyl groups is 1. The van der Waals surface area contributed by atoms with E-state index < -0.39 is 6.61 Å². The molecule has 0 unspecified atom stereocenters. The molecule has 7 heteroatoms. The fraction of sp³-hybridized carbons (Fsp3) is 0.467. The third-order valence-electron chi connectivity index (χ3n) is 3.73. The van der Waals surface area contributed by atoms with Crippen LogP contribution in [0.15, 0.2) is 18.2 Å². The molecule has 1 aliphatic rings. The Morgan fingerprint density at radius 3 is 2.14 bits per heavy atom. The fourth-order valence-electron chi connectivity index (χ4n) is 2.41. The summed E-state index contributed by atoms with van der Waals surface area (Å²) >= 11 is 11.8. The largest absolute Gasteiger partial charge is 0.387 e. The molecule has 0 spiro atoms. The molecule has 0 saturated carbocycles. The van der Waals surface area contributed by atoms with Gasteiger partial charge in [-0.15, -0.1) is 0 Å². The van der Waals surface area contributed by atoms with Gasteiger partial charge in [0.15, 0.2) is 0 Å². The molecule has 0 atom stereocenters. The van der Waals surface area contributed by atoms with Crippen molar-refractivity contribution in [1.82, 2.24) is 9.80 Å². The van der Waals surface area contributed by atoms with Crippen LogP contribution in [0.25, 0.3) is 0 Å². The molecular weight excluding hydrogens is 327 g/mol. The van der Waals surface area contributed by atoms with Gasteiger partial charge in [-0.25, -0.2) is 0 Å². The Morgan fingerprint density at radius 2 is 1.59 bits per heavy atom. The number of hydrogen-bond donors (Lipinski definition) is 1. The number of nitrogens with zero attached hydrogens (tertiary/aromatic N) is 2. The molecular formula is C15H18Cl2N2O3. The molecule has 1 N–H and O–H groups in total. The van der Waals surface area contributed by atoms with Crippen LogP contribution >= 0.6 is 23.2 Å². The number of carbonyl (C=O) groups is 2. The summed E-state index contributed by atoms with van der Waals surface area (Å²) in [5.74, 6) is -0.231. The molecule has 5 nitrogen and oxygen atoms in total. The first-order valence-electron chi connectivity index (χ1n) is 7.11. The van der Waals surface area contributed by atoms with E-state index in [0.29, 0.717) is 49.1 Å². The second kappa shape index (κ2) is 7.81. The van der Waals surface area contributed by atoms with Crippen molar-refractivity contribution >= 4 is 35.0 Å². The lowest BCUT2D eigenvalue weighted by molar-refractivity contribution is -0.141. The highest BCUT2D eigenvalue weighted by molar-refractivity contribution is 6.42. The van der Waals surface area contributed by atoms with Crippen LogP contribution in [0.4, 0.5) is 0 Å².